The lowest BCUT2D eigenvalue weighted by molar-refractivity contribution is -0.671. The minimum atomic E-state index is -0.466. The SMILES string of the molecule is CCCCCOS1=C(c2ccc[n+](C)c2)NC=N1.[I-]. The Balaban J connectivity index is 0.00000180. The summed E-state index contributed by atoms with van der Waals surface area (Å²) in [5.41, 5.74) is 1.14. The van der Waals surface area contributed by atoms with E-state index >= 15 is 0 Å². The van der Waals surface area contributed by atoms with Crippen molar-refractivity contribution in [1.82, 2.24) is 5.32 Å². The Morgan fingerprint density at radius 3 is 3.00 bits per heavy atom. The minimum Gasteiger partial charge on any atom is -1.00 e. The number of hydrogen-bond acceptors (Lipinski definition) is 3. The number of nitrogens with zero attached hydrogens (tertiary/aromatic N) is 2. The van der Waals surface area contributed by atoms with Gasteiger partial charge >= 0.3 is 0 Å². The molecule has 2 heterocycles. The molecule has 1 aromatic rings. The monoisotopic (exact) mass is 393 g/mol. The molecule has 0 aliphatic carbocycles. The average Bonchev–Trinajstić information content (AvgIpc) is 2.83. The zero-order chi connectivity index (χ0) is 12.8. The number of pyridine rings is 1. The molecule has 2 rings (SSSR count). The number of nitrogens with one attached hydrogen (secondary N) is 1. The van der Waals surface area contributed by atoms with E-state index in [0.29, 0.717) is 0 Å². The first-order valence-corrected chi connectivity index (χ1v) is 7.41. The van der Waals surface area contributed by atoms with Crippen molar-refractivity contribution in [3.63, 3.8) is 0 Å². The smallest absolute Gasteiger partial charge is 0.178 e. The van der Waals surface area contributed by atoms with Gasteiger partial charge in [-0.3, -0.25) is 0 Å². The van der Waals surface area contributed by atoms with Crippen LogP contribution in [-0.4, -0.2) is 17.9 Å². The van der Waals surface area contributed by atoms with Crippen molar-refractivity contribution in [2.24, 2.45) is 11.4 Å². The van der Waals surface area contributed by atoms with Crippen molar-refractivity contribution in [2.45, 2.75) is 26.2 Å². The number of aryl methyl sites for hydroxylation is 1. The van der Waals surface area contributed by atoms with Crippen LogP contribution >= 0.6 is 11.0 Å². The van der Waals surface area contributed by atoms with Crippen molar-refractivity contribution in [2.75, 3.05) is 6.61 Å². The summed E-state index contributed by atoms with van der Waals surface area (Å²) in [6.07, 6.45) is 9.34. The van der Waals surface area contributed by atoms with Crippen LogP contribution in [-0.2, 0) is 11.2 Å². The van der Waals surface area contributed by atoms with Crippen LogP contribution in [0.25, 0.3) is 0 Å². The van der Waals surface area contributed by atoms with E-state index in [1.807, 2.05) is 23.9 Å². The topological polar surface area (TPSA) is 37.5 Å². The van der Waals surface area contributed by atoms with Crippen molar-refractivity contribution in [3.05, 3.63) is 30.1 Å². The first-order valence-electron chi connectivity index (χ1n) is 6.30. The Bertz CT molecular complexity index is 477. The van der Waals surface area contributed by atoms with Crippen molar-refractivity contribution in [3.8, 4) is 0 Å². The maximum absolute atomic E-state index is 5.83. The molecule has 106 valence electrons. The predicted molar refractivity (Wildman–Crippen MR) is 76.4 cm³/mol. The summed E-state index contributed by atoms with van der Waals surface area (Å²) >= 11 is 0. The maximum Gasteiger partial charge on any atom is 0.178 e. The lowest BCUT2D eigenvalue weighted by Gasteiger charge is -2.06. The van der Waals surface area contributed by atoms with E-state index < -0.39 is 11.0 Å². The van der Waals surface area contributed by atoms with Gasteiger partial charge in [0.2, 0.25) is 0 Å². The van der Waals surface area contributed by atoms with E-state index in [2.05, 4.69) is 28.9 Å². The van der Waals surface area contributed by atoms with E-state index in [9.17, 15) is 0 Å². The fourth-order valence-electron chi connectivity index (χ4n) is 1.72. The van der Waals surface area contributed by atoms with Gasteiger partial charge in [0, 0.05) is 6.07 Å². The Morgan fingerprint density at radius 1 is 1.42 bits per heavy atom. The van der Waals surface area contributed by atoms with Gasteiger partial charge in [0.15, 0.2) is 12.4 Å². The number of unbranched alkanes of at least 4 members (excludes halogenated alkanes) is 2. The molecule has 0 amide bonds. The van der Waals surface area contributed by atoms with E-state index in [1.54, 1.807) is 6.34 Å². The molecule has 1 unspecified atom stereocenters. The molecule has 4 nitrogen and oxygen atoms in total. The van der Waals surface area contributed by atoms with Crippen molar-refractivity contribution < 1.29 is 32.7 Å². The normalized spacial score (nSPS) is 17.2. The standard InChI is InChI=1S/C13H20N3OS.HI/c1-3-4-5-9-17-18-13(14-11-15-18)12-7-6-8-16(2)10-12;/h6-8,10-11H,3-5,9H2,1-2H3,(H,14,15);1H/q+1;/p-1. The van der Waals surface area contributed by atoms with E-state index in [1.165, 1.54) is 12.8 Å². The Labute approximate surface area is 134 Å². The zero-order valence-electron chi connectivity index (χ0n) is 11.3. The van der Waals surface area contributed by atoms with Crippen LogP contribution in [0, 0.1) is 0 Å². The Hall–Kier alpha value is -0.470. The summed E-state index contributed by atoms with van der Waals surface area (Å²) in [6.45, 7) is 2.97. The van der Waals surface area contributed by atoms with Crippen LogP contribution in [0.2, 0.25) is 0 Å². The highest BCUT2D eigenvalue weighted by molar-refractivity contribution is 8.11. The van der Waals surface area contributed by atoms with Gasteiger partial charge in [-0.05, 0) is 12.5 Å². The van der Waals surface area contributed by atoms with Crippen LogP contribution in [0.5, 0.6) is 0 Å². The van der Waals surface area contributed by atoms with Gasteiger partial charge < -0.3 is 33.5 Å². The molecule has 0 saturated carbocycles. The fraction of sp³-hybridized carbons (Fsp3) is 0.462. The second-order valence-corrected chi connectivity index (χ2v) is 5.60. The first-order chi connectivity index (χ1) is 8.81. The molecule has 0 bridgehead atoms. The van der Waals surface area contributed by atoms with Crippen molar-refractivity contribution >= 4 is 22.3 Å². The van der Waals surface area contributed by atoms with E-state index in [0.717, 1.165) is 23.6 Å². The molecular formula is C13H20IN3OS. The van der Waals surface area contributed by atoms with Crippen LogP contribution < -0.4 is 33.9 Å². The molecule has 1 aliphatic heterocycles. The van der Waals surface area contributed by atoms with Gasteiger partial charge in [-0.1, -0.05) is 19.8 Å². The summed E-state index contributed by atoms with van der Waals surface area (Å²) in [7, 11) is 1.55. The molecule has 1 atom stereocenters. The molecule has 1 N–H and O–H groups in total. The molecular weight excluding hydrogens is 373 g/mol. The van der Waals surface area contributed by atoms with E-state index in [-0.39, 0.29) is 24.0 Å². The summed E-state index contributed by atoms with van der Waals surface area (Å²) in [5.74, 6) is 0. The second kappa shape index (κ2) is 8.65. The molecule has 0 aromatic carbocycles. The lowest BCUT2D eigenvalue weighted by atomic mass is 10.3. The summed E-state index contributed by atoms with van der Waals surface area (Å²) in [5, 5.41) is 3.19. The van der Waals surface area contributed by atoms with Crippen LogP contribution in [0.4, 0.5) is 0 Å². The quantitative estimate of drug-likeness (QED) is 0.289. The second-order valence-electron chi connectivity index (χ2n) is 4.24. The van der Waals surface area contributed by atoms with Gasteiger partial charge in [-0.15, -0.1) is 0 Å². The molecule has 6 heteroatoms. The van der Waals surface area contributed by atoms with Crippen LogP contribution in [0.1, 0.15) is 31.7 Å². The third kappa shape index (κ3) is 4.85. The molecule has 19 heavy (non-hydrogen) atoms. The first kappa shape index (κ1) is 16.6. The average molecular weight is 393 g/mol. The lowest BCUT2D eigenvalue weighted by Crippen LogP contribution is -3.00. The molecule has 1 aliphatic rings. The van der Waals surface area contributed by atoms with Crippen LogP contribution in [0.15, 0.2) is 28.9 Å². The minimum absolute atomic E-state index is 0. The highest BCUT2D eigenvalue weighted by atomic mass is 127. The Morgan fingerprint density at radius 2 is 2.26 bits per heavy atom. The molecule has 1 aromatic heterocycles. The molecule has 0 spiro atoms. The summed E-state index contributed by atoms with van der Waals surface area (Å²) in [4.78, 5) is 1.06. The Kier molecular flexibility index (Phi) is 7.55. The number of hydrogen-bond donors (Lipinski definition) is 1. The molecule has 0 saturated heterocycles. The van der Waals surface area contributed by atoms with Gasteiger partial charge in [-0.2, -0.15) is 4.40 Å². The fourth-order valence-corrected chi connectivity index (χ4v) is 2.91. The van der Waals surface area contributed by atoms with Gasteiger partial charge in [0.25, 0.3) is 0 Å². The van der Waals surface area contributed by atoms with Crippen LogP contribution in [0.3, 0.4) is 0 Å². The summed E-state index contributed by atoms with van der Waals surface area (Å²) in [6, 6.07) is 4.10. The number of halogens is 1. The number of rotatable bonds is 6. The van der Waals surface area contributed by atoms with Gasteiger partial charge in [-0.25, -0.2) is 4.57 Å². The maximum atomic E-state index is 5.83. The third-order valence-electron chi connectivity index (χ3n) is 2.66. The highest BCUT2D eigenvalue weighted by Gasteiger charge is 2.14. The highest BCUT2D eigenvalue weighted by Crippen LogP contribution is 2.23. The third-order valence-corrected chi connectivity index (χ3v) is 4.05. The number of aromatic nitrogens is 1. The molecule has 0 radical (unpaired) electrons. The largest absolute Gasteiger partial charge is 1.00 e. The predicted octanol–water partition coefficient (Wildman–Crippen LogP) is -1.07. The van der Waals surface area contributed by atoms with E-state index in [4.69, 9.17) is 4.18 Å². The molecule has 0 fully saturated rings. The van der Waals surface area contributed by atoms with Gasteiger partial charge in [0.1, 0.15) is 18.4 Å². The zero-order valence-corrected chi connectivity index (χ0v) is 14.3. The van der Waals surface area contributed by atoms with Crippen molar-refractivity contribution in [1.29, 1.82) is 0 Å². The summed E-state index contributed by atoms with van der Waals surface area (Å²) < 4.78 is 12.2. The van der Waals surface area contributed by atoms with Gasteiger partial charge in [0.05, 0.1) is 23.1 Å².